The van der Waals surface area contributed by atoms with Crippen molar-refractivity contribution in [1.29, 1.82) is 5.26 Å². The maximum absolute atomic E-state index is 11.9. The molecule has 0 saturated carbocycles. The summed E-state index contributed by atoms with van der Waals surface area (Å²) in [7, 11) is 1.67. The summed E-state index contributed by atoms with van der Waals surface area (Å²) in [6, 6.07) is 3.68. The van der Waals surface area contributed by atoms with E-state index in [1.165, 1.54) is 17.0 Å². The predicted molar refractivity (Wildman–Crippen MR) is 72.0 cm³/mol. The van der Waals surface area contributed by atoms with Gasteiger partial charge < -0.3 is 10.2 Å². The Morgan fingerprint density at radius 1 is 1.65 bits per heavy atom. The molecule has 8 heteroatoms. The van der Waals surface area contributed by atoms with E-state index in [-0.39, 0.29) is 23.1 Å². The smallest absolute Gasteiger partial charge is 0.305 e. The molecule has 0 saturated heterocycles. The molecular formula is C12H15N5O3. The molecule has 1 atom stereocenters. The van der Waals surface area contributed by atoms with Crippen molar-refractivity contribution in [2.45, 2.75) is 19.9 Å². The third kappa shape index (κ3) is 3.41. The van der Waals surface area contributed by atoms with Crippen LogP contribution in [0.4, 0.5) is 11.5 Å². The molecule has 1 rings (SSSR count). The van der Waals surface area contributed by atoms with Crippen LogP contribution in [-0.4, -0.2) is 40.3 Å². The fourth-order valence-electron chi connectivity index (χ4n) is 1.53. The van der Waals surface area contributed by atoms with Gasteiger partial charge >= 0.3 is 5.69 Å². The highest BCUT2D eigenvalue weighted by Gasteiger charge is 2.19. The van der Waals surface area contributed by atoms with Crippen LogP contribution in [0, 0.1) is 21.4 Å². The van der Waals surface area contributed by atoms with Gasteiger partial charge in [-0.1, -0.05) is 0 Å². The lowest BCUT2D eigenvalue weighted by Gasteiger charge is -2.20. The van der Waals surface area contributed by atoms with E-state index in [1.807, 2.05) is 6.92 Å². The summed E-state index contributed by atoms with van der Waals surface area (Å²) in [5.74, 6) is 0.115. The van der Waals surface area contributed by atoms with Gasteiger partial charge in [-0.25, -0.2) is 4.98 Å². The van der Waals surface area contributed by atoms with Gasteiger partial charge in [0, 0.05) is 19.7 Å². The molecule has 0 aliphatic heterocycles. The van der Waals surface area contributed by atoms with Gasteiger partial charge in [-0.2, -0.15) is 5.26 Å². The number of carbonyl (C=O) groups is 1. The van der Waals surface area contributed by atoms with Crippen LogP contribution in [0.2, 0.25) is 0 Å². The van der Waals surface area contributed by atoms with Crippen LogP contribution >= 0.6 is 0 Å². The number of carbonyl (C=O) groups excluding carboxylic acids is 1. The third-order valence-corrected chi connectivity index (χ3v) is 2.76. The van der Waals surface area contributed by atoms with E-state index < -0.39 is 11.0 Å². The van der Waals surface area contributed by atoms with E-state index in [4.69, 9.17) is 5.26 Å². The van der Waals surface area contributed by atoms with Crippen LogP contribution in [0.5, 0.6) is 0 Å². The van der Waals surface area contributed by atoms with Crippen LogP contribution in [0.3, 0.4) is 0 Å². The number of nitrogens with zero attached hydrogens (tertiary/aromatic N) is 4. The van der Waals surface area contributed by atoms with E-state index in [1.54, 1.807) is 20.0 Å². The first-order valence-electron chi connectivity index (χ1n) is 5.97. The van der Waals surface area contributed by atoms with Gasteiger partial charge in [-0.05, 0) is 19.9 Å². The molecule has 0 fully saturated rings. The molecule has 1 heterocycles. The summed E-state index contributed by atoms with van der Waals surface area (Å²) in [5, 5.41) is 22.3. The monoisotopic (exact) mass is 277 g/mol. The van der Waals surface area contributed by atoms with Gasteiger partial charge in [0.1, 0.15) is 17.9 Å². The van der Waals surface area contributed by atoms with E-state index >= 15 is 0 Å². The largest absolute Gasteiger partial charge is 0.359 e. The molecule has 0 aliphatic carbocycles. The standard InChI is InChI=1S/C12H15N5O3/c1-4-16(3)12(18)8(2)14-11-6-5-10(17(19)20)9(7-13)15-11/h5-6,8H,4H2,1-3H3,(H,14,15). The maximum atomic E-state index is 11.9. The van der Waals surface area contributed by atoms with Crippen LogP contribution in [0.15, 0.2) is 12.1 Å². The topological polar surface area (TPSA) is 112 Å². The van der Waals surface area contributed by atoms with Gasteiger partial charge in [-0.15, -0.1) is 0 Å². The van der Waals surface area contributed by atoms with Crippen LogP contribution < -0.4 is 5.32 Å². The number of nitriles is 1. The lowest BCUT2D eigenvalue weighted by atomic mass is 10.2. The fourth-order valence-corrected chi connectivity index (χ4v) is 1.53. The highest BCUT2D eigenvalue weighted by Crippen LogP contribution is 2.18. The molecule has 1 amide bonds. The van der Waals surface area contributed by atoms with Crippen molar-refractivity contribution >= 4 is 17.4 Å². The second kappa shape index (κ2) is 6.47. The van der Waals surface area contributed by atoms with Gasteiger partial charge in [0.05, 0.1) is 4.92 Å². The Bertz CT molecular complexity index is 567. The molecule has 20 heavy (non-hydrogen) atoms. The van der Waals surface area contributed by atoms with Gasteiger partial charge in [0.2, 0.25) is 11.6 Å². The molecular weight excluding hydrogens is 262 g/mol. The zero-order chi connectivity index (χ0) is 15.3. The third-order valence-electron chi connectivity index (χ3n) is 2.76. The number of amides is 1. The van der Waals surface area contributed by atoms with Crippen molar-refractivity contribution in [3.63, 3.8) is 0 Å². The Kier molecular flexibility index (Phi) is 4.97. The molecule has 1 N–H and O–H groups in total. The number of pyridine rings is 1. The summed E-state index contributed by atoms with van der Waals surface area (Å²) >= 11 is 0. The number of aromatic nitrogens is 1. The molecule has 0 bridgehead atoms. The maximum Gasteiger partial charge on any atom is 0.305 e. The second-order valence-electron chi connectivity index (χ2n) is 4.15. The Balaban J connectivity index is 2.92. The summed E-state index contributed by atoms with van der Waals surface area (Å²) in [5.41, 5.74) is -0.647. The molecule has 1 aromatic heterocycles. The average molecular weight is 277 g/mol. The molecule has 0 radical (unpaired) electrons. The Morgan fingerprint density at radius 3 is 2.80 bits per heavy atom. The quantitative estimate of drug-likeness (QED) is 0.638. The molecule has 8 nitrogen and oxygen atoms in total. The number of hydrogen-bond acceptors (Lipinski definition) is 6. The van der Waals surface area contributed by atoms with Crippen molar-refractivity contribution in [1.82, 2.24) is 9.88 Å². The Morgan fingerprint density at radius 2 is 2.30 bits per heavy atom. The van der Waals surface area contributed by atoms with E-state index in [9.17, 15) is 14.9 Å². The molecule has 106 valence electrons. The zero-order valence-corrected chi connectivity index (χ0v) is 11.5. The molecule has 0 aromatic carbocycles. The summed E-state index contributed by atoms with van der Waals surface area (Å²) < 4.78 is 0. The molecule has 1 aromatic rings. The van der Waals surface area contributed by atoms with Crippen LogP contribution in [0.25, 0.3) is 0 Å². The van der Waals surface area contributed by atoms with Gasteiger partial charge in [0.25, 0.3) is 0 Å². The van der Waals surface area contributed by atoms with Gasteiger partial charge in [0.15, 0.2) is 0 Å². The highest BCUT2D eigenvalue weighted by atomic mass is 16.6. The second-order valence-corrected chi connectivity index (χ2v) is 4.15. The van der Waals surface area contributed by atoms with Crippen molar-refractivity contribution < 1.29 is 9.72 Å². The zero-order valence-electron chi connectivity index (χ0n) is 11.5. The SMILES string of the molecule is CCN(C)C(=O)C(C)Nc1ccc([N+](=O)[O-])c(C#N)n1. The van der Waals surface area contributed by atoms with E-state index in [2.05, 4.69) is 10.3 Å². The van der Waals surface area contributed by atoms with Crippen molar-refractivity contribution in [2.75, 3.05) is 18.9 Å². The number of anilines is 1. The molecule has 1 unspecified atom stereocenters. The number of hydrogen-bond donors (Lipinski definition) is 1. The summed E-state index contributed by atoms with van der Waals surface area (Å²) in [6.07, 6.45) is 0. The van der Waals surface area contributed by atoms with Gasteiger partial charge in [-0.3, -0.25) is 14.9 Å². The first-order chi connectivity index (χ1) is 9.40. The minimum Gasteiger partial charge on any atom is -0.359 e. The summed E-state index contributed by atoms with van der Waals surface area (Å²) in [4.78, 5) is 27.3. The molecule has 0 spiro atoms. The van der Waals surface area contributed by atoms with Crippen molar-refractivity contribution in [2.24, 2.45) is 0 Å². The normalized spacial score (nSPS) is 11.3. The Hall–Kier alpha value is -2.69. The lowest BCUT2D eigenvalue weighted by molar-refractivity contribution is -0.385. The molecule has 0 aliphatic rings. The minimum atomic E-state index is -0.672. The van der Waals surface area contributed by atoms with Crippen LogP contribution in [-0.2, 0) is 4.79 Å². The minimum absolute atomic E-state index is 0.133. The predicted octanol–water partition coefficient (Wildman–Crippen LogP) is 1.14. The first-order valence-corrected chi connectivity index (χ1v) is 5.97. The number of nitrogens with one attached hydrogen (secondary N) is 1. The van der Waals surface area contributed by atoms with E-state index in [0.29, 0.717) is 6.54 Å². The Labute approximate surface area is 116 Å². The number of nitro groups is 1. The van der Waals surface area contributed by atoms with Crippen molar-refractivity contribution in [3.8, 4) is 6.07 Å². The number of likely N-dealkylation sites (N-methyl/N-ethyl adjacent to an activating group) is 1. The summed E-state index contributed by atoms with van der Waals surface area (Å²) in [6.45, 7) is 4.08. The highest BCUT2D eigenvalue weighted by molar-refractivity contribution is 5.83. The van der Waals surface area contributed by atoms with E-state index in [0.717, 1.165) is 0 Å². The van der Waals surface area contributed by atoms with Crippen LogP contribution in [0.1, 0.15) is 19.5 Å². The first kappa shape index (κ1) is 15.4. The lowest BCUT2D eigenvalue weighted by Crippen LogP contribution is -2.39. The van der Waals surface area contributed by atoms with Crippen molar-refractivity contribution in [3.05, 3.63) is 27.9 Å². The number of rotatable bonds is 5. The fraction of sp³-hybridized carbons (Fsp3) is 0.417. The average Bonchev–Trinajstić information content (AvgIpc) is 2.44.